The molecule has 1 atom stereocenters. The number of amides is 1. The van der Waals surface area contributed by atoms with Gasteiger partial charge in [-0.05, 0) is 18.6 Å². The molecule has 1 aromatic rings. The number of rotatable bonds is 1. The Morgan fingerprint density at radius 3 is 2.93 bits per heavy atom. The molecule has 1 N–H and O–H groups in total. The Morgan fingerprint density at radius 2 is 2.27 bits per heavy atom. The maximum absolute atomic E-state index is 11.7. The van der Waals surface area contributed by atoms with E-state index in [1.165, 1.54) is 0 Å². The number of anilines is 2. The third-order valence-corrected chi connectivity index (χ3v) is 3.09. The lowest BCUT2D eigenvalue weighted by atomic mass is 10.1. The van der Waals surface area contributed by atoms with E-state index in [1.54, 1.807) is 6.07 Å². The van der Waals surface area contributed by atoms with E-state index < -0.39 is 0 Å². The number of nitrogens with zero attached hydrogens (tertiary/aromatic N) is 1. The van der Waals surface area contributed by atoms with Crippen molar-refractivity contribution in [1.82, 2.24) is 0 Å². The molecule has 1 unspecified atom stereocenters. The van der Waals surface area contributed by atoms with E-state index in [0.717, 1.165) is 17.8 Å². The van der Waals surface area contributed by atoms with Crippen LogP contribution < -0.4 is 10.2 Å². The van der Waals surface area contributed by atoms with Gasteiger partial charge in [0, 0.05) is 7.05 Å². The molecular weight excluding hydrogens is 212 g/mol. The van der Waals surface area contributed by atoms with Crippen LogP contribution in [0.15, 0.2) is 18.2 Å². The summed E-state index contributed by atoms with van der Waals surface area (Å²) >= 11 is 6.02. The molecule has 80 valence electrons. The molecule has 0 bridgehead atoms. The van der Waals surface area contributed by atoms with Crippen molar-refractivity contribution in [2.24, 2.45) is 0 Å². The summed E-state index contributed by atoms with van der Waals surface area (Å²) in [4.78, 5) is 13.7. The minimum Gasteiger partial charge on any atom is -0.361 e. The summed E-state index contributed by atoms with van der Waals surface area (Å²) in [5.74, 6) is 0.0144. The number of halogens is 1. The second kappa shape index (κ2) is 3.74. The topological polar surface area (TPSA) is 32.3 Å². The van der Waals surface area contributed by atoms with Crippen molar-refractivity contribution in [3.63, 3.8) is 0 Å². The Morgan fingerprint density at radius 1 is 1.53 bits per heavy atom. The summed E-state index contributed by atoms with van der Waals surface area (Å²) in [6.07, 6.45) is 0.786. The Hall–Kier alpha value is -1.22. The standard InChI is InChI=1S/C11H13ClN2O/c1-3-8-11(15)13-10-7(12)5-4-6-9(10)14(8)2/h4-6,8H,3H2,1-2H3,(H,13,15). The average molecular weight is 225 g/mol. The minimum absolute atomic E-state index is 0.0144. The van der Waals surface area contributed by atoms with Crippen molar-refractivity contribution in [2.75, 3.05) is 17.3 Å². The summed E-state index contributed by atoms with van der Waals surface area (Å²) in [6.45, 7) is 2.00. The van der Waals surface area contributed by atoms with Crippen molar-refractivity contribution in [2.45, 2.75) is 19.4 Å². The highest BCUT2D eigenvalue weighted by molar-refractivity contribution is 6.35. The van der Waals surface area contributed by atoms with Crippen LogP contribution in [-0.4, -0.2) is 19.0 Å². The summed E-state index contributed by atoms with van der Waals surface area (Å²) in [5.41, 5.74) is 1.70. The lowest BCUT2D eigenvalue weighted by Crippen LogP contribution is -2.45. The van der Waals surface area contributed by atoms with Gasteiger partial charge in [0.25, 0.3) is 0 Å². The Balaban J connectivity index is 2.50. The van der Waals surface area contributed by atoms with E-state index in [2.05, 4.69) is 5.32 Å². The van der Waals surface area contributed by atoms with Gasteiger partial charge in [0.15, 0.2) is 0 Å². The van der Waals surface area contributed by atoms with Gasteiger partial charge in [-0.25, -0.2) is 0 Å². The first-order valence-electron chi connectivity index (χ1n) is 4.97. The zero-order chi connectivity index (χ0) is 11.0. The van der Waals surface area contributed by atoms with Crippen LogP contribution in [0.1, 0.15) is 13.3 Å². The summed E-state index contributed by atoms with van der Waals surface area (Å²) in [5, 5.41) is 3.43. The van der Waals surface area contributed by atoms with Crippen LogP contribution in [0.4, 0.5) is 11.4 Å². The fourth-order valence-corrected chi connectivity index (χ4v) is 2.16. The Bertz CT molecular complexity index is 406. The van der Waals surface area contributed by atoms with Gasteiger partial charge in [-0.3, -0.25) is 4.79 Å². The van der Waals surface area contributed by atoms with E-state index in [0.29, 0.717) is 5.02 Å². The molecule has 0 fully saturated rings. The molecule has 0 aromatic heterocycles. The third-order valence-electron chi connectivity index (χ3n) is 2.78. The molecule has 2 rings (SSSR count). The number of carbonyl (C=O) groups is 1. The van der Waals surface area contributed by atoms with Crippen LogP contribution in [0.25, 0.3) is 0 Å². The van der Waals surface area contributed by atoms with Gasteiger partial charge in [-0.2, -0.15) is 0 Å². The summed E-state index contributed by atoms with van der Waals surface area (Å²) in [7, 11) is 1.92. The predicted molar refractivity (Wildman–Crippen MR) is 62.6 cm³/mol. The molecule has 0 radical (unpaired) electrons. The Labute approximate surface area is 94.0 Å². The van der Waals surface area contributed by atoms with Gasteiger partial charge in [0.2, 0.25) is 5.91 Å². The minimum atomic E-state index is -0.101. The molecule has 1 aliphatic heterocycles. The zero-order valence-electron chi connectivity index (χ0n) is 8.75. The predicted octanol–water partition coefficient (Wildman–Crippen LogP) is 2.51. The highest BCUT2D eigenvalue weighted by atomic mass is 35.5. The molecule has 4 heteroatoms. The van der Waals surface area contributed by atoms with E-state index in [9.17, 15) is 4.79 Å². The van der Waals surface area contributed by atoms with E-state index >= 15 is 0 Å². The zero-order valence-corrected chi connectivity index (χ0v) is 9.51. The molecule has 0 saturated carbocycles. The van der Waals surface area contributed by atoms with Crippen LogP contribution in [0.5, 0.6) is 0 Å². The molecule has 3 nitrogen and oxygen atoms in total. The van der Waals surface area contributed by atoms with Crippen LogP contribution >= 0.6 is 11.6 Å². The van der Waals surface area contributed by atoms with Crippen molar-refractivity contribution >= 4 is 28.9 Å². The molecule has 0 aliphatic carbocycles. The number of fused-ring (bicyclic) bond motifs is 1. The smallest absolute Gasteiger partial charge is 0.247 e. The van der Waals surface area contributed by atoms with Crippen molar-refractivity contribution < 1.29 is 4.79 Å². The van der Waals surface area contributed by atoms with Crippen molar-refractivity contribution in [3.05, 3.63) is 23.2 Å². The first-order chi connectivity index (χ1) is 7.15. The van der Waals surface area contributed by atoms with Crippen LogP contribution in [0.2, 0.25) is 5.02 Å². The second-order valence-electron chi connectivity index (χ2n) is 3.66. The molecule has 15 heavy (non-hydrogen) atoms. The number of benzene rings is 1. The lowest BCUT2D eigenvalue weighted by molar-refractivity contribution is -0.117. The second-order valence-corrected chi connectivity index (χ2v) is 4.07. The summed E-state index contributed by atoms with van der Waals surface area (Å²) < 4.78 is 0. The van der Waals surface area contributed by atoms with Gasteiger partial charge < -0.3 is 10.2 Å². The molecule has 1 aromatic carbocycles. The molecule has 1 aliphatic rings. The van der Waals surface area contributed by atoms with Gasteiger partial charge in [0.1, 0.15) is 6.04 Å². The van der Waals surface area contributed by atoms with E-state index in [1.807, 2.05) is 31.0 Å². The quantitative estimate of drug-likeness (QED) is 0.795. The van der Waals surface area contributed by atoms with Gasteiger partial charge in [-0.1, -0.05) is 24.6 Å². The number of nitrogens with one attached hydrogen (secondary N) is 1. The molecule has 0 spiro atoms. The number of para-hydroxylation sites is 1. The molecular formula is C11H13ClN2O. The first-order valence-corrected chi connectivity index (χ1v) is 5.35. The average Bonchev–Trinajstić information content (AvgIpc) is 2.20. The van der Waals surface area contributed by atoms with Crippen molar-refractivity contribution in [1.29, 1.82) is 0 Å². The molecule has 1 heterocycles. The van der Waals surface area contributed by atoms with E-state index in [-0.39, 0.29) is 11.9 Å². The number of likely N-dealkylation sites (N-methyl/N-ethyl adjacent to an activating group) is 1. The third kappa shape index (κ3) is 1.57. The number of hydrogen-bond acceptors (Lipinski definition) is 2. The monoisotopic (exact) mass is 224 g/mol. The number of hydrogen-bond donors (Lipinski definition) is 1. The van der Waals surface area contributed by atoms with Crippen LogP contribution in [0.3, 0.4) is 0 Å². The largest absolute Gasteiger partial charge is 0.361 e. The fraction of sp³-hybridized carbons (Fsp3) is 0.364. The Kier molecular flexibility index (Phi) is 2.57. The highest BCUT2D eigenvalue weighted by Gasteiger charge is 2.29. The molecule has 1 amide bonds. The maximum atomic E-state index is 11.7. The lowest BCUT2D eigenvalue weighted by Gasteiger charge is -2.35. The highest BCUT2D eigenvalue weighted by Crippen LogP contribution is 2.36. The van der Waals surface area contributed by atoms with Gasteiger partial charge in [-0.15, -0.1) is 0 Å². The van der Waals surface area contributed by atoms with E-state index in [4.69, 9.17) is 11.6 Å². The van der Waals surface area contributed by atoms with Crippen molar-refractivity contribution in [3.8, 4) is 0 Å². The summed E-state index contributed by atoms with van der Waals surface area (Å²) in [6, 6.07) is 5.53. The number of carbonyl (C=O) groups excluding carboxylic acids is 1. The van der Waals surface area contributed by atoms with Gasteiger partial charge in [0.05, 0.1) is 16.4 Å². The van der Waals surface area contributed by atoms with Crippen LogP contribution in [0, 0.1) is 0 Å². The SMILES string of the molecule is CCC1C(=O)Nc2c(Cl)cccc2N1C. The first kappa shape index (κ1) is 10.3. The normalized spacial score (nSPS) is 19.8. The maximum Gasteiger partial charge on any atom is 0.247 e. The fourth-order valence-electron chi connectivity index (χ4n) is 1.94. The molecule has 0 saturated heterocycles. The van der Waals surface area contributed by atoms with Crippen LogP contribution in [-0.2, 0) is 4.79 Å². The van der Waals surface area contributed by atoms with Gasteiger partial charge >= 0.3 is 0 Å².